The predicted octanol–water partition coefficient (Wildman–Crippen LogP) is 4.27. The third-order valence-corrected chi connectivity index (χ3v) is 14.3. The molecule has 34 heavy (non-hydrogen) atoms. The molecule has 0 amide bonds. The molecule has 0 aliphatic heterocycles. The van der Waals surface area contributed by atoms with Gasteiger partial charge in [-0.2, -0.15) is 0 Å². The van der Waals surface area contributed by atoms with Crippen molar-refractivity contribution in [3.05, 3.63) is 10.1 Å². The number of rotatable bonds is 2. The Kier molecular flexibility index (Phi) is 4.07. The van der Waals surface area contributed by atoms with Crippen LogP contribution >= 0.6 is 0 Å². The maximum Gasteiger partial charge on any atom is 0.295 e. The minimum Gasteiger partial charge on any atom is -0.412 e. The molecule has 14 saturated carbocycles. The van der Waals surface area contributed by atoms with Gasteiger partial charge in [-0.1, -0.05) is 0 Å². The molecule has 0 aromatic rings. The smallest absolute Gasteiger partial charge is 0.295 e. The number of nitrogens with zero attached hydrogens (tertiary/aromatic N) is 1. The van der Waals surface area contributed by atoms with E-state index in [1.807, 2.05) is 0 Å². The lowest BCUT2D eigenvalue weighted by Crippen LogP contribution is -2.72. The molecule has 8 unspecified atom stereocenters. The Balaban J connectivity index is 0.000000108. The van der Waals surface area contributed by atoms with Crippen molar-refractivity contribution in [1.82, 2.24) is 0 Å². The van der Waals surface area contributed by atoms with Gasteiger partial charge in [-0.25, -0.2) is 0 Å². The summed E-state index contributed by atoms with van der Waals surface area (Å²) in [4.78, 5) is 16.4. The summed E-state index contributed by atoms with van der Waals surface area (Å²) in [5.41, 5.74) is -0.530. The first-order chi connectivity index (χ1) is 15.9. The highest BCUT2D eigenvalue weighted by Crippen LogP contribution is 2.74. The van der Waals surface area contributed by atoms with E-state index in [1.165, 1.54) is 70.6 Å². The van der Waals surface area contributed by atoms with Gasteiger partial charge in [0.25, 0.3) is 5.09 Å². The van der Waals surface area contributed by atoms with Crippen molar-refractivity contribution >= 4 is 0 Å². The summed E-state index contributed by atoms with van der Waals surface area (Å²) < 4.78 is 0. The Morgan fingerprint density at radius 2 is 1.03 bits per heavy atom. The predicted molar refractivity (Wildman–Crippen MR) is 124 cm³/mol. The minimum absolute atomic E-state index is 0. The summed E-state index contributed by atoms with van der Waals surface area (Å²) >= 11 is 0. The van der Waals surface area contributed by atoms with Gasteiger partial charge in [0, 0.05) is 0 Å². The maximum absolute atomic E-state index is 11.0. The number of hydrogen-bond donors (Lipinski definition) is 1. The van der Waals surface area contributed by atoms with E-state index in [-0.39, 0.29) is 16.7 Å². The first-order valence-corrected chi connectivity index (χ1v) is 14.5. The molecule has 14 aliphatic carbocycles. The third kappa shape index (κ3) is 2.33. The van der Waals surface area contributed by atoms with Crippen LogP contribution in [-0.4, -0.2) is 26.9 Å². The van der Waals surface area contributed by atoms with Crippen molar-refractivity contribution in [1.29, 1.82) is 0 Å². The lowest BCUT2D eigenvalue weighted by molar-refractivity contribution is -0.793. The van der Waals surface area contributed by atoms with Crippen molar-refractivity contribution < 1.29 is 20.5 Å². The summed E-state index contributed by atoms with van der Waals surface area (Å²) in [7, 11) is 0. The Morgan fingerprint density at radius 1 is 0.618 bits per heavy atom. The number of hydrogen-bond acceptors (Lipinski definition) is 4. The van der Waals surface area contributed by atoms with E-state index in [2.05, 4.69) is 0 Å². The molecule has 0 heterocycles. The molecule has 0 spiro atoms. The molecule has 0 saturated heterocycles. The largest absolute Gasteiger partial charge is 0.412 e. The highest BCUT2D eigenvalue weighted by Gasteiger charge is 2.72. The minimum atomic E-state index is -0.482. The zero-order valence-electron chi connectivity index (χ0n) is 20.2. The molecule has 16 bridgehead atoms. The SMILES string of the molecule is O.O=[N+]([O-])OC12CC3CC4C5CC(CC41)CC2C5C3.OC12CC3CC4C5CC(CC41)CC2C5C3. The van der Waals surface area contributed by atoms with E-state index in [0.717, 1.165) is 77.4 Å². The van der Waals surface area contributed by atoms with Crippen LogP contribution in [0.5, 0.6) is 0 Å². The Labute approximate surface area is 202 Å². The van der Waals surface area contributed by atoms with E-state index in [4.69, 9.17) is 4.84 Å². The first kappa shape index (κ1) is 21.2. The van der Waals surface area contributed by atoms with Gasteiger partial charge in [0.15, 0.2) is 0 Å². The van der Waals surface area contributed by atoms with Crippen LogP contribution in [0.15, 0.2) is 0 Å². The Bertz CT molecular complexity index is 874. The van der Waals surface area contributed by atoms with Crippen LogP contribution in [-0.2, 0) is 4.84 Å². The van der Waals surface area contributed by atoms with Gasteiger partial charge in [0.1, 0.15) is 5.60 Å². The second-order valence-electron chi connectivity index (χ2n) is 14.9. The topological polar surface area (TPSA) is 104 Å². The molecule has 14 rings (SSSR count). The van der Waals surface area contributed by atoms with Gasteiger partial charge >= 0.3 is 0 Å². The summed E-state index contributed by atoms with van der Waals surface area (Å²) in [6.45, 7) is 0. The molecule has 3 N–H and O–H groups in total. The lowest BCUT2D eigenvalue weighted by Gasteiger charge is -2.73. The highest BCUT2D eigenvalue weighted by atomic mass is 17.0. The average molecular weight is 472 g/mol. The second-order valence-corrected chi connectivity index (χ2v) is 14.9. The van der Waals surface area contributed by atoms with E-state index in [1.54, 1.807) is 0 Å². The monoisotopic (exact) mass is 471 g/mol. The molecule has 6 heteroatoms. The molecular formula is C28H41NO5. The van der Waals surface area contributed by atoms with Gasteiger partial charge < -0.3 is 15.4 Å². The zero-order chi connectivity index (χ0) is 21.9. The molecular weight excluding hydrogens is 430 g/mol. The normalized spacial score (nSPS) is 65.2. The third-order valence-electron chi connectivity index (χ3n) is 14.3. The van der Waals surface area contributed by atoms with E-state index in [0.29, 0.717) is 11.8 Å². The second kappa shape index (κ2) is 6.51. The van der Waals surface area contributed by atoms with E-state index >= 15 is 0 Å². The molecule has 6 nitrogen and oxygen atoms in total. The quantitative estimate of drug-likeness (QED) is 0.480. The van der Waals surface area contributed by atoms with Crippen LogP contribution in [0.25, 0.3) is 0 Å². The molecule has 188 valence electrons. The van der Waals surface area contributed by atoms with Crippen molar-refractivity contribution in [2.75, 3.05) is 0 Å². The fourth-order valence-corrected chi connectivity index (χ4v) is 14.1. The maximum atomic E-state index is 11.0. The first-order valence-electron chi connectivity index (χ1n) is 14.5. The van der Waals surface area contributed by atoms with Crippen LogP contribution in [0.2, 0.25) is 0 Å². The van der Waals surface area contributed by atoms with Crippen molar-refractivity contribution in [3.8, 4) is 0 Å². The molecule has 0 aromatic carbocycles. The molecule has 0 radical (unpaired) electrons. The van der Waals surface area contributed by atoms with Crippen molar-refractivity contribution in [2.45, 2.75) is 88.3 Å². The molecule has 14 aliphatic rings. The van der Waals surface area contributed by atoms with Crippen LogP contribution < -0.4 is 0 Å². The van der Waals surface area contributed by atoms with Gasteiger partial charge in [0.2, 0.25) is 0 Å². The van der Waals surface area contributed by atoms with Gasteiger partial charge in [-0.3, -0.25) is 0 Å². The van der Waals surface area contributed by atoms with Crippen molar-refractivity contribution in [2.24, 2.45) is 82.9 Å². The number of aliphatic hydroxyl groups is 1. The van der Waals surface area contributed by atoms with E-state index < -0.39 is 5.09 Å². The fourth-order valence-electron chi connectivity index (χ4n) is 14.1. The fraction of sp³-hybridized carbons (Fsp3) is 1.00. The summed E-state index contributed by atoms with van der Waals surface area (Å²) in [5, 5.41) is 21.5. The van der Waals surface area contributed by atoms with Crippen LogP contribution in [0.1, 0.15) is 77.0 Å². The van der Waals surface area contributed by atoms with Crippen LogP contribution in [0.3, 0.4) is 0 Å². The summed E-state index contributed by atoms with van der Waals surface area (Å²) in [6, 6.07) is 0. The molecule has 8 atom stereocenters. The summed E-state index contributed by atoms with van der Waals surface area (Å²) in [6.07, 6.45) is 15.9. The Hall–Kier alpha value is -0.880. The van der Waals surface area contributed by atoms with Gasteiger partial charge in [-0.05, 0) is 160 Å². The van der Waals surface area contributed by atoms with Gasteiger partial charge in [0.05, 0.1) is 5.60 Å². The lowest BCUT2D eigenvalue weighted by atomic mass is 9.34. The van der Waals surface area contributed by atoms with Crippen LogP contribution in [0.4, 0.5) is 0 Å². The van der Waals surface area contributed by atoms with E-state index in [9.17, 15) is 15.2 Å². The molecule has 0 aromatic heterocycles. The average Bonchev–Trinajstić information content (AvgIpc) is 2.80. The van der Waals surface area contributed by atoms with Crippen LogP contribution in [0, 0.1) is 93.0 Å². The standard InChI is InChI=1S/C14H19NO3.C14H20O.H2O/c16-15(17)18-14-6-8-2-10-9-1-7(4-12(10)14)5-13(14)11(9)3-8;15-14-6-8-2-10-9-1-7(4-12(10)14)5-13(14)11(9)3-8;/h7-13H,1-6H2;7-13,15H,1-6H2;1H2. The Morgan fingerprint density at radius 3 is 1.53 bits per heavy atom. The van der Waals surface area contributed by atoms with Crippen molar-refractivity contribution in [3.63, 3.8) is 0 Å². The highest BCUT2D eigenvalue weighted by molar-refractivity contribution is 5.20. The summed E-state index contributed by atoms with van der Waals surface area (Å²) in [5.74, 6) is 11.3. The molecule has 14 fully saturated rings. The van der Waals surface area contributed by atoms with Gasteiger partial charge in [-0.15, -0.1) is 10.1 Å². The zero-order valence-corrected chi connectivity index (χ0v) is 20.2.